The Kier molecular flexibility index (Phi) is 5.10. The lowest BCUT2D eigenvalue weighted by Crippen LogP contribution is -2.38. The Morgan fingerprint density at radius 3 is 2.50 bits per heavy atom. The molecule has 1 aliphatic rings. The van der Waals surface area contributed by atoms with Crippen LogP contribution in [-0.2, 0) is 6.42 Å². The van der Waals surface area contributed by atoms with Gasteiger partial charge in [-0.25, -0.2) is 8.70 Å². The molecule has 6 heteroatoms. The molecule has 0 aliphatic carbocycles. The van der Waals surface area contributed by atoms with Crippen LogP contribution in [-0.4, -0.2) is 27.9 Å². The lowest BCUT2D eigenvalue weighted by Gasteiger charge is -2.53. The number of hydrogen-bond acceptors (Lipinski definition) is 4. The van der Waals surface area contributed by atoms with Gasteiger partial charge in [-0.05, 0) is 56.6 Å². The fraction of sp³-hybridized carbons (Fsp3) is 0.333. The Morgan fingerprint density at radius 2 is 1.79 bits per heavy atom. The molecular formula is C18H23FN2O2S. The predicted molar refractivity (Wildman–Crippen MR) is 98.5 cm³/mol. The van der Waals surface area contributed by atoms with Gasteiger partial charge in [0.2, 0.25) is 0 Å². The van der Waals surface area contributed by atoms with Gasteiger partial charge >= 0.3 is 0 Å². The van der Waals surface area contributed by atoms with Crippen LogP contribution in [0.25, 0.3) is 0 Å². The van der Waals surface area contributed by atoms with Crippen molar-refractivity contribution in [2.75, 3.05) is 17.9 Å². The molecule has 0 saturated heterocycles. The van der Waals surface area contributed by atoms with Crippen LogP contribution >= 0.6 is 10.8 Å². The molecule has 0 fully saturated rings. The molecule has 1 heterocycles. The molecule has 0 radical (unpaired) electrons. The summed E-state index contributed by atoms with van der Waals surface area (Å²) in [4.78, 5) is 0. The monoisotopic (exact) mass is 350 g/mol. The van der Waals surface area contributed by atoms with E-state index in [9.17, 15) is 13.5 Å². The van der Waals surface area contributed by atoms with Gasteiger partial charge in [0, 0.05) is 0 Å². The largest absolute Gasteiger partial charge is 0.320 e. The van der Waals surface area contributed by atoms with Crippen LogP contribution < -0.4 is 9.62 Å². The van der Waals surface area contributed by atoms with E-state index in [1.807, 2.05) is 31.3 Å². The third-order valence-corrected chi connectivity index (χ3v) is 6.63. The SMILES string of the molecule is CNCCC[C@@H]1Cc2ccccc2N(c2ccccc2F)S1(O)O. The first-order valence-electron chi connectivity index (χ1n) is 8.10. The van der Waals surface area contributed by atoms with Crippen molar-refractivity contribution in [2.24, 2.45) is 0 Å². The van der Waals surface area contributed by atoms with E-state index in [2.05, 4.69) is 5.32 Å². The molecule has 0 amide bonds. The predicted octanol–water partition coefficient (Wildman–Crippen LogP) is 4.55. The second-order valence-corrected chi connectivity index (χ2v) is 8.16. The van der Waals surface area contributed by atoms with Gasteiger partial charge in [-0.1, -0.05) is 30.3 Å². The maximum Gasteiger partial charge on any atom is 0.148 e. The summed E-state index contributed by atoms with van der Waals surface area (Å²) in [5.74, 6) is -0.455. The smallest absolute Gasteiger partial charge is 0.148 e. The van der Waals surface area contributed by atoms with Crippen LogP contribution in [0.1, 0.15) is 18.4 Å². The van der Waals surface area contributed by atoms with Crippen molar-refractivity contribution in [3.63, 3.8) is 0 Å². The number of benzene rings is 2. The number of nitrogens with one attached hydrogen (secondary N) is 1. The summed E-state index contributed by atoms with van der Waals surface area (Å²) in [6.45, 7) is 0.813. The van der Waals surface area contributed by atoms with Gasteiger partial charge in [0.1, 0.15) is 5.82 Å². The van der Waals surface area contributed by atoms with E-state index >= 15 is 0 Å². The van der Waals surface area contributed by atoms with Crippen molar-refractivity contribution in [3.8, 4) is 0 Å². The van der Waals surface area contributed by atoms with E-state index in [0.29, 0.717) is 18.5 Å². The summed E-state index contributed by atoms with van der Waals surface area (Å²) in [6.07, 6.45) is 2.10. The first-order valence-corrected chi connectivity index (χ1v) is 9.66. The van der Waals surface area contributed by atoms with Crippen LogP contribution in [0.3, 0.4) is 0 Å². The van der Waals surface area contributed by atoms with Crippen LogP contribution in [0.5, 0.6) is 0 Å². The third kappa shape index (κ3) is 3.15. The average molecular weight is 350 g/mol. The maximum absolute atomic E-state index is 14.4. The van der Waals surface area contributed by atoms with E-state index in [1.54, 1.807) is 18.2 Å². The van der Waals surface area contributed by atoms with Crippen molar-refractivity contribution >= 4 is 22.2 Å². The second kappa shape index (κ2) is 7.11. The standard InChI is InChI=1S/C18H23FN2O2S/c1-20-12-6-8-15-13-14-7-2-4-10-17(14)21(24(15,22)23)18-11-5-3-9-16(18)19/h2-5,7,9-11,15,20,22-23H,6,8,12-13H2,1H3/t15-/m1/s1. The lowest BCUT2D eigenvalue weighted by atomic mass is 10.0. The molecule has 3 rings (SSSR count). The summed E-state index contributed by atoms with van der Waals surface area (Å²) in [5.41, 5.74) is 1.90. The van der Waals surface area contributed by atoms with Crippen LogP contribution in [0.2, 0.25) is 0 Å². The van der Waals surface area contributed by atoms with E-state index in [4.69, 9.17) is 0 Å². The molecule has 1 aliphatic heterocycles. The molecule has 0 bridgehead atoms. The summed E-state index contributed by atoms with van der Waals surface area (Å²) >= 11 is 0. The molecular weight excluding hydrogens is 327 g/mol. The van der Waals surface area contributed by atoms with Gasteiger partial charge in [0.15, 0.2) is 0 Å². The highest BCUT2D eigenvalue weighted by atomic mass is 32.3. The number of fused-ring (bicyclic) bond motifs is 1. The molecule has 4 nitrogen and oxygen atoms in total. The van der Waals surface area contributed by atoms with Gasteiger partial charge in [-0.2, -0.15) is 0 Å². The molecule has 2 aromatic carbocycles. The Labute approximate surface area is 143 Å². The molecule has 0 saturated carbocycles. The zero-order chi connectivity index (χ0) is 17.2. The Balaban J connectivity index is 2.05. The van der Waals surface area contributed by atoms with Gasteiger partial charge in [0.05, 0.1) is 16.6 Å². The molecule has 0 spiro atoms. The minimum Gasteiger partial charge on any atom is -0.320 e. The number of nitrogens with zero attached hydrogens (tertiary/aromatic N) is 1. The Hall–Kier alpha value is -1.60. The number of rotatable bonds is 5. The summed E-state index contributed by atoms with van der Waals surface area (Å²) in [6, 6.07) is 13.8. The highest BCUT2D eigenvalue weighted by Crippen LogP contribution is 2.60. The number of halogens is 1. The molecule has 0 aromatic heterocycles. The Bertz CT molecular complexity index is 711. The quantitative estimate of drug-likeness (QED) is 0.692. The van der Waals surface area contributed by atoms with Crippen molar-refractivity contribution in [3.05, 3.63) is 59.9 Å². The molecule has 0 unspecified atom stereocenters. The van der Waals surface area contributed by atoms with E-state index < -0.39 is 16.6 Å². The van der Waals surface area contributed by atoms with Gasteiger partial charge in [0.25, 0.3) is 0 Å². The number of para-hydroxylation sites is 2. The highest BCUT2D eigenvalue weighted by Gasteiger charge is 2.39. The van der Waals surface area contributed by atoms with Crippen molar-refractivity contribution < 1.29 is 13.5 Å². The normalized spacial score (nSPS) is 20.5. The zero-order valence-corrected chi connectivity index (χ0v) is 14.5. The maximum atomic E-state index is 14.4. The Morgan fingerprint density at radius 1 is 1.12 bits per heavy atom. The van der Waals surface area contributed by atoms with Crippen molar-refractivity contribution in [1.82, 2.24) is 5.32 Å². The van der Waals surface area contributed by atoms with Crippen molar-refractivity contribution in [2.45, 2.75) is 24.5 Å². The first-order chi connectivity index (χ1) is 11.6. The second-order valence-electron chi connectivity index (χ2n) is 6.01. The molecule has 24 heavy (non-hydrogen) atoms. The minimum atomic E-state index is -3.17. The first kappa shape index (κ1) is 17.2. The summed E-state index contributed by atoms with van der Waals surface area (Å²) in [7, 11) is -1.29. The zero-order valence-electron chi connectivity index (χ0n) is 13.7. The fourth-order valence-corrected chi connectivity index (χ4v) is 5.28. The molecule has 2 aromatic rings. The van der Waals surface area contributed by atoms with E-state index in [0.717, 1.165) is 18.5 Å². The lowest BCUT2D eigenvalue weighted by molar-refractivity contribution is 0.453. The highest BCUT2D eigenvalue weighted by molar-refractivity contribution is 8.26. The van der Waals surface area contributed by atoms with Gasteiger partial charge < -0.3 is 5.32 Å². The molecule has 1 atom stereocenters. The van der Waals surface area contributed by atoms with Crippen LogP contribution in [0.4, 0.5) is 15.8 Å². The van der Waals surface area contributed by atoms with E-state index in [1.165, 1.54) is 10.4 Å². The molecule has 3 N–H and O–H groups in total. The van der Waals surface area contributed by atoms with Crippen LogP contribution in [0, 0.1) is 5.82 Å². The van der Waals surface area contributed by atoms with Gasteiger partial charge in [-0.15, -0.1) is 10.8 Å². The van der Waals surface area contributed by atoms with Crippen molar-refractivity contribution in [1.29, 1.82) is 0 Å². The fourth-order valence-electron chi connectivity index (χ4n) is 3.19. The van der Waals surface area contributed by atoms with Crippen LogP contribution in [0.15, 0.2) is 48.5 Å². The number of anilines is 2. The number of hydrogen-bond donors (Lipinski definition) is 3. The third-order valence-electron chi connectivity index (χ3n) is 4.40. The summed E-state index contributed by atoms with van der Waals surface area (Å²) in [5, 5.41) is 2.76. The van der Waals surface area contributed by atoms with E-state index in [-0.39, 0.29) is 10.9 Å². The van der Waals surface area contributed by atoms with Gasteiger partial charge in [-0.3, -0.25) is 9.11 Å². The molecule has 130 valence electrons. The minimum absolute atomic E-state index is 0.211. The average Bonchev–Trinajstić information content (AvgIpc) is 2.56. The summed E-state index contributed by atoms with van der Waals surface area (Å²) < 4.78 is 37.8. The topological polar surface area (TPSA) is 55.7 Å².